The Kier molecular flexibility index (Phi) is 3.89. The molecule has 110 valence electrons. The van der Waals surface area contributed by atoms with E-state index in [9.17, 15) is 0 Å². The molecule has 3 rings (SSSR count). The number of ether oxygens (including phenoxy) is 1. The minimum Gasteiger partial charge on any atom is -0.373 e. The van der Waals surface area contributed by atoms with E-state index in [1.807, 2.05) is 18.5 Å². The maximum atomic E-state index is 6.22. The average molecular weight is 276 g/mol. The van der Waals surface area contributed by atoms with Crippen molar-refractivity contribution in [2.24, 2.45) is 5.92 Å². The van der Waals surface area contributed by atoms with Gasteiger partial charge in [0.2, 0.25) is 5.95 Å². The second-order valence-electron chi connectivity index (χ2n) is 6.40. The maximum absolute atomic E-state index is 6.22. The van der Waals surface area contributed by atoms with Crippen LogP contribution in [0.15, 0.2) is 18.5 Å². The van der Waals surface area contributed by atoms with Gasteiger partial charge in [0.15, 0.2) is 0 Å². The SMILES string of the molecule is CN(C)CC1COC2(CCCN(c3ncccn3)C2)C1. The number of aromatic nitrogens is 2. The largest absolute Gasteiger partial charge is 0.373 e. The molecular formula is C15H24N4O. The van der Waals surface area contributed by atoms with Crippen molar-refractivity contribution in [2.75, 3.05) is 45.2 Å². The molecule has 2 atom stereocenters. The Bertz CT molecular complexity index is 439. The van der Waals surface area contributed by atoms with Crippen molar-refractivity contribution >= 4 is 5.95 Å². The van der Waals surface area contributed by atoms with Gasteiger partial charge in [-0.15, -0.1) is 0 Å². The van der Waals surface area contributed by atoms with E-state index in [2.05, 4.69) is 33.9 Å². The molecule has 0 aromatic carbocycles. The highest BCUT2D eigenvalue weighted by molar-refractivity contribution is 5.31. The Labute approximate surface area is 121 Å². The summed E-state index contributed by atoms with van der Waals surface area (Å²) in [5.74, 6) is 1.49. The maximum Gasteiger partial charge on any atom is 0.225 e. The summed E-state index contributed by atoms with van der Waals surface area (Å²) in [4.78, 5) is 13.3. The summed E-state index contributed by atoms with van der Waals surface area (Å²) in [6.07, 6.45) is 7.11. The first-order chi connectivity index (χ1) is 9.67. The molecule has 2 aliphatic rings. The zero-order valence-electron chi connectivity index (χ0n) is 12.5. The Morgan fingerprint density at radius 2 is 2.20 bits per heavy atom. The molecule has 20 heavy (non-hydrogen) atoms. The predicted octanol–water partition coefficient (Wildman–Crippen LogP) is 1.41. The lowest BCUT2D eigenvalue weighted by atomic mass is 9.86. The first-order valence-corrected chi connectivity index (χ1v) is 7.48. The molecule has 0 aliphatic carbocycles. The summed E-state index contributed by atoms with van der Waals surface area (Å²) in [6, 6.07) is 1.86. The van der Waals surface area contributed by atoms with Crippen LogP contribution in [0.3, 0.4) is 0 Å². The van der Waals surface area contributed by atoms with Crippen molar-refractivity contribution in [3.05, 3.63) is 18.5 Å². The fraction of sp³-hybridized carbons (Fsp3) is 0.733. The zero-order chi connectivity index (χ0) is 14.0. The molecule has 0 N–H and O–H groups in total. The van der Waals surface area contributed by atoms with Crippen LogP contribution in [0.1, 0.15) is 19.3 Å². The molecule has 0 amide bonds. The van der Waals surface area contributed by atoms with E-state index in [0.29, 0.717) is 5.92 Å². The van der Waals surface area contributed by atoms with Gasteiger partial charge in [0.1, 0.15) is 0 Å². The van der Waals surface area contributed by atoms with Crippen LogP contribution in [-0.2, 0) is 4.74 Å². The first kappa shape index (κ1) is 13.8. The van der Waals surface area contributed by atoms with Crippen molar-refractivity contribution in [1.82, 2.24) is 14.9 Å². The van der Waals surface area contributed by atoms with Gasteiger partial charge in [-0.3, -0.25) is 0 Å². The summed E-state index contributed by atoms with van der Waals surface area (Å²) < 4.78 is 6.22. The van der Waals surface area contributed by atoms with Gasteiger partial charge in [0.25, 0.3) is 0 Å². The Hall–Kier alpha value is -1.20. The highest BCUT2D eigenvalue weighted by Crippen LogP contribution is 2.38. The third kappa shape index (κ3) is 2.94. The van der Waals surface area contributed by atoms with Crippen LogP contribution in [-0.4, -0.2) is 60.8 Å². The monoisotopic (exact) mass is 276 g/mol. The molecule has 5 nitrogen and oxygen atoms in total. The van der Waals surface area contributed by atoms with E-state index >= 15 is 0 Å². The average Bonchev–Trinajstić information content (AvgIpc) is 2.81. The molecule has 2 unspecified atom stereocenters. The number of rotatable bonds is 3. The van der Waals surface area contributed by atoms with Crippen molar-refractivity contribution < 1.29 is 4.74 Å². The second-order valence-corrected chi connectivity index (χ2v) is 6.40. The summed E-state index contributed by atoms with van der Waals surface area (Å²) in [5.41, 5.74) is 0.0259. The van der Waals surface area contributed by atoms with E-state index in [0.717, 1.165) is 45.0 Å². The Morgan fingerprint density at radius 3 is 2.95 bits per heavy atom. The normalized spacial score (nSPS) is 30.4. The van der Waals surface area contributed by atoms with Gasteiger partial charge in [-0.05, 0) is 45.3 Å². The highest BCUT2D eigenvalue weighted by atomic mass is 16.5. The Balaban J connectivity index is 1.67. The molecule has 2 saturated heterocycles. The molecular weight excluding hydrogens is 252 g/mol. The van der Waals surface area contributed by atoms with Gasteiger partial charge in [-0.25, -0.2) is 9.97 Å². The lowest BCUT2D eigenvalue weighted by molar-refractivity contribution is -0.00746. The number of nitrogens with zero attached hydrogens (tertiary/aromatic N) is 4. The molecule has 2 aliphatic heterocycles. The third-order valence-electron chi connectivity index (χ3n) is 4.28. The number of hydrogen-bond donors (Lipinski definition) is 0. The fourth-order valence-corrected chi connectivity index (χ4v) is 3.58. The molecule has 0 radical (unpaired) electrons. The molecule has 0 saturated carbocycles. The molecule has 1 aromatic rings. The van der Waals surface area contributed by atoms with E-state index in [1.165, 1.54) is 6.42 Å². The molecule has 1 aromatic heterocycles. The minimum atomic E-state index is 0.0259. The predicted molar refractivity (Wildman–Crippen MR) is 78.8 cm³/mol. The number of piperidine rings is 1. The van der Waals surface area contributed by atoms with Crippen LogP contribution in [0.2, 0.25) is 0 Å². The van der Waals surface area contributed by atoms with Gasteiger partial charge in [-0.1, -0.05) is 0 Å². The van der Waals surface area contributed by atoms with Crippen LogP contribution >= 0.6 is 0 Å². The molecule has 0 bridgehead atoms. The minimum absolute atomic E-state index is 0.0259. The van der Waals surface area contributed by atoms with Crippen LogP contribution in [0.25, 0.3) is 0 Å². The lowest BCUT2D eigenvalue weighted by Gasteiger charge is -2.39. The number of anilines is 1. The summed E-state index contributed by atoms with van der Waals surface area (Å²) >= 11 is 0. The van der Waals surface area contributed by atoms with Crippen LogP contribution < -0.4 is 4.90 Å². The van der Waals surface area contributed by atoms with Crippen molar-refractivity contribution in [3.8, 4) is 0 Å². The van der Waals surface area contributed by atoms with Gasteiger partial charge in [0, 0.05) is 32.0 Å². The summed E-state index contributed by atoms with van der Waals surface area (Å²) in [7, 11) is 4.27. The molecule has 5 heteroatoms. The summed E-state index contributed by atoms with van der Waals surface area (Å²) in [5, 5.41) is 0. The smallest absolute Gasteiger partial charge is 0.225 e. The van der Waals surface area contributed by atoms with E-state index in [1.54, 1.807) is 0 Å². The van der Waals surface area contributed by atoms with Crippen LogP contribution in [0.5, 0.6) is 0 Å². The lowest BCUT2D eigenvalue weighted by Crippen LogP contribution is -2.48. The third-order valence-corrected chi connectivity index (χ3v) is 4.28. The fourth-order valence-electron chi connectivity index (χ4n) is 3.58. The topological polar surface area (TPSA) is 41.5 Å². The van der Waals surface area contributed by atoms with Crippen molar-refractivity contribution in [2.45, 2.75) is 24.9 Å². The van der Waals surface area contributed by atoms with Gasteiger partial charge < -0.3 is 14.5 Å². The van der Waals surface area contributed by atoms with E-state index in [4.69, 9.17) is 4.74 Å². The summed E-state index contributed by atoms with van der Waals surface area (Å²) in [6.45, 7) is 3.97. The molecule has 1 spiro atoms. The van der Waals surface area contributed by atoms with Crippen molar-refractivity contribution in [1.29, 1.82) is 0 Å². The standard InChI is InChI=1S/C15H24N4O/c1-18(2)10-13-9-15(20-11-13)5-3-8-19(12-15)14-16-6-4-7-17-14/h4,6-7,13H,3,5,8-12H2,1-2H3. The van der Waals surface area contributed by atoms with Crippen molar-refractivity contribution in [3.63, 3.8) is 0 Å². The van der Waals surface area contributed by atoms with Gasteiger partial charge in [-0.2, -0.15) is 0 Å². The molecule has 2 fully saturated rings. The highest BCUT2D eigenvalue weighted by Gasteiger charge is 2.43. The zero-order valence-corrected chi connectivity index (χ0v) is 12.5. The van der Waals surface area contributed by atoms with Gasteiger partial charge >= 0.3 is 0 Å². The molecule has 3 heterocycles. The van der Waals surface area contributed by atoms with Crippen LogP contribution in [0, 0.1) is 5.92 Å². The Morgan fingerprint density at radius 1 is 1.40 bits per heavy atom. The second kappa shape index (κ2) is 5.66. The number of hydrogen-bond acceptors (Lipinski definition) is 5. The van der Waals surface area contributed by atoms with E-state index in [-0.39, 0.29) is 5.60 Å². The van der Waals surface area contributed by atoms with Crippen LogP contribution in [0.4, 0.5) is 5.95 Å². The first-order valence-electron chi connectivity index (χ1n) is 7.48. The quantitative estimate of drug-likeness (QED) is 0.835. The van der Waals surface area contributed by atoms with Gasteiger partial charge in [0.05, 0.1) is 12.2 Å². The van der Waals surface area contributed by atoms with E-state index < -0.39 is 0 Å².